The molecule has 0 aliphatic carbocycles. The van der Waals surface area contributed by atoms with Gasteiger partial charge in [-0.25, -0.2) is 0 Å². The zero-order valence-electron chi connectivity index (χ0n) is 9.73. The predicted octanol–water partition coefficient (Wildman–Crippen LogP) is 3.46. The zero-order chi connectivity index (χ0) is 13.1. The standard InChI is InChI=1S/C12H9BrN2O2S/c1-16-7-3-4-8(9(5-7)17-2)11-10(6-14)18-15-12(11)13/h3-5H,1-2H3. The molecular weight excluding hydrogens is 316 g/mol. The van der Waals surface area contributed by atoms with E-state index < -0.39 is 0 Å². The first-order chi connectivity index (χ1) is 8.71. The number of methoxy groups -OCH3 is 2. The molecule has 18 heavy (non-hydrogen) atoms. The number of benzene rings is 1. The van der Waals surface area contributed by atoms with Crippen molar-refractivity contribution in [1.82, 2.24) is 4.37 Å². The van der Waals surface area contributed by atoms with Crippen molar-refractivity contribution in [1.29, 1.82) is 5.26 Å². The minimum absolute atomic E-state index is 0.547. The van der Waals surface area contributed by atoms with Crippen molar-refractivity contribution in [2.75, 3.05) is 14.2 Å². The summed E-state index contributed by atoms with van der Waals surface area (Å²) in [6, 6.07) is 7.59. The number of hydrogen-bond acceptors (Lipinski definition) is 5. The maximum absolute atomic E-state index is 9.09. The molecule has 1 aromatic heterocycles. The maximum atomic E-state index is 9.09. The highest BCUT2D eigenvalue weighted by Gasteiger charge is 2.18. The monoisotopic (exact) mass is 324 g/mol. The van der Waals surface area contributed by atoms with E-state index in [1.54, 1.807) is 20.3 Å². The molecule has 1 aromatic carbocycles. The number of rotatable bonds is 3. The lowest BCUT2D eigenvalue weighted by atomic mass is 10.1. The van der Waals surface area contributed by atoms with Gasteiger partial charge in [-0.1, -0.05) is 0 Å². The van der Waals surface area contributed by atoms with E-state index in [2.05, 4.69) is 26.4 Å². The molecule has 2 aromatic rings. The average molecular weight is 325 g/mol. The Morgan fingerprint density at radius 2 is 2.11 bits per heavy atom. The molecule has 0 amide bonds. The molecule has 2 rings (SSSR count). The van der Waals surface area contributed by atoms with E-state index in [9.17, 15) is 0 Å². The lowest BCUT2D eigenvalue weighted by Crippen LogP contribution is -1.91. The average Bonchev–Trinajstić information content (AvgIpc) is 2.78. The van der Waals surface area contributed by atoms with E-state index in [4.69, 9.17) is 14.7 Å². The van der Waals surface area contributed by atoms with E-state index in [0.717, 1.165) is 22.7 Å². The molecule has 1 heterocycles. The Balaban J connectivity index is 2.64. The van der Waals surface area contributed by atoms with Crippen molar-refractivity contribution in [3.8, 4) is 28.7 Å². The highest BCUT2D eigenvalue weighted by Crippen LogP contribution is 2.40. The van der Waals surface area contributed by atoms with E-state index in [1.807, 2.05) is 12.1 Å². The Morgan fingerprint density at radius 1 is 1.33 bits per heavy atom. The summed E-state index contributed by atoms with van der Waals surface area (Å²) < 4.78 is 15.3. The molecule has 0 radical (unpaired) electrons. The van der Waals surface area contributed by atoms with Gasteiger partial charge >= 0.3 is 0 Å². The smallest absolute Gasteiger partial charge is 0.134 e. The van der Waals surface area contributed by atoms with E-state index in [0.29, 0.717) is 21.0 Å². The number of halogens is 1. The fourth-order valence-electron chi connectivity index (χ4n) is 1.59. The van der Waals surface area contributed by atoms with Gasteiger partial charge in [0.2, 0.25) is 0 Å². The van der Waals surface area contributed by atoms with Gasteiger partial charge in [0.25, 0.3) is 0 Å². The first kappa shape index (κ1) is 12.9. The Bertz CT molecular complexity index is 619. The highest BCUT2D eigenvalue weighted by atomic mass is 79.9. The van der Waals surface area contributed by atoms with Crippen molar-refractivity contribution < 1.29 is 9.47 Å². The number of ether oxygens (including phenoxy) is 2. The van der Waals surface area contributed by atoms with Crippen LogP contribution in [0.3, 0.4) is 0 Å². The van der Waals surface area contributed by atoms with Gasteiger partial charge in [0, 0.05) is 17.2 Å². The zero-order valence-corrected chi connectivity index (χ0v) is 12.1. The Kier molecular flexibility index (Phi) is 3.84. The lowest BCUT2D eigenvalue weighted by Gasteiger charge is -2.09. The van der Waals surface area contributed by atoms with Crippen LogP contribution in [0.4, 0.5) is 0 Å². The van der Waals surface area contributed by atoms with Crippen molar-refractivity contribution in [3.05, 3.63) is 27.7 Å². The predicted molar refractivity (Wildman–Crippen MR) is 73.1 cm³/mol. The molecule has 0 aliphatic rings. The van der Waals surface area contributed by atoms with Crippen LogP contribution in [0.1, 0.15) is 4.88 Å². The molecule has 6 heteroatoms. The molecule has 0 aliphatic heterocycles. The Morgan fingerprint density at radius 3 is 2.72 bits per heavy atom. The molecule has 0 atom stereocenters. The summed E-state index contributed by atoms with van der Waals surface area (Å²) in [5.74, 6) is 1.35. The van der Waals surface area contributed by atoms with Crippen LogP contribution in [0.5, 0.6) is 11.5 Å². The van der Waals surface area contributed by atoms with Gasteiger partial charge in [0.15, 0.2) is 0 Å². The van der Waals surface area contributed by atoms with Gasteiger partial charge in [-0.2, -0.15) is 9.64 Å². The first-order valence-electron chi connectivity index (χ1n) is 4.99. The van der Waals surface area contributed by atoms with Crippen molar-refractivity contribution >= 4 is 27.5 Å². The van der Waals surface area contributed by atoms with Gasteiger partial charge in [0.1, 0.15) is 27.0 Å². The first-order valence-corrected chi connectivity index (χ1v) is 6.55. The van der Waals surface area contributed by atoms with Gasteiger partial charge < -0.3 is 9.47 Å². The van der Waals surface area contributed by atoms with E-state index >= 15 is 0 Å². The molecule has 92 valence electrons. The molecule has 0 spiro atoms. The molecule has 0 saturated heterocycles. The van der Waals surface area contributed by atoms with Crippen molar-refractivity contribution in [3.63, 3.8) is 0 Å². The summed E-state index contributed by atoms with van der Waals surface area (Å²) in [7, 11) is 3.18. The number of nitriles is 1. The molecule has 0 unspecified atom stereocenters. The molecule has 0 saturated carbocycles. The third kappa shape index (κ3) is 2.19. The maximum Gasteiger partial charge on any atom is 0.134 e. The van der Waals surface area contributed by atoms with E-state index in [-0.39, 0.29) is 0 Å². The fraction of sp³-hybridized carbons (Fsp3) is 0.167. The largest absolute Gasteiger partial charge is 0.497 e. The van der Waals surface area contributed by atoms with Crippen LogP contribution in [0.15, 0.2) is 22.8 Å². The van der Waals surface area contributed by atoms with Crippen LogP contribution < -0.4 is 9.47 Å². The van der Waals surface area contributed by atoms with Crippen molar-refractivity contribution in [2.45, 2.75) is 0 Å². The van der Waals surface area contributed by atoms with Crippen LogP contribution in [0, 0.1) is 11.3 Å². The Hall–Kier alpha value is -1.58. The third-order valence-corrected chi connectivity index (χ3v) is 3.99. The third-order valence-electron chi connectivity index (χ3n) is 2.43. The van der Waals surface area contributed by atoms with Crippen molar-refractivity contribution in [2.24, 2.45) is 0 Å². The minimum atomic E-state index is 0.547. The highest BCUT2D eigenvalue weighted by molar-refractivity contribution is 9.10. The second kappa shape index (κ2) is 5.38. The quantitative estimate of drug-likeness (QED) is 0.867. The normalized spacial score (nSPS) is 9.89. The SMILES string of the molecule is COc1ccc(-c2c(Br)nsc2C#N)c(OC)c1. The van der Waals surface area contributed by atoms with Gasteiger partial charge in [-0.3, -0.25) is 0 Å². The van der Waals surface area contributed by atoms with Gasteiger partial charge in [0.05, 0.1) is 14.2 Å². The van der Waals surface area contributed by atoms with Crippen LogP contribution in [0.2, 0.25) is 0 Å². The van der Waals surface area contributed by atoms with Gasteiger partial charge in [-0.05, 0) is 39.6 Å². The summed E-state index contributed by atoms with van der Waals surface area (Å²) in [5.41, 5.74) is 1.57. The summed E-state index contributed by atoms with van der Waals surface area (Å²) in [4.78, 5) is 0.547. The van der Waals surface area contributed by atoms with Crippen LogP contribution in [-0.4, -0.2) is 18.6 Å². The van der Waals surface area contributed by atoms with Crippen LogP contribution in [-0.2, 0) is 0 Å². The molecule has 0 fully saturated rings. The van der Waals surface area contributed by atoms with Gasteiger partial charge in [-0.15, -0.1) is 0 Å². The summed E-state index contributed by atoms with van der Waals surface area (Å²) in [6.07, 6.45) is 0. The number of nitrogens with zero attached hydrogens (tertiary/aromatic N) is 2. The lowest BCUT2D eigenvalue weighted by molar-refractivity contribution is 0.395. The summed E-state index contributed by atoms with van der Waals surface area (Å²) in [6.45, 7) is 0. The Labute approximate surface area is 117 Å². The second-order valence-corrected chi connectivity index (χ2v) is 4.88. The fourth-order valence-corrected chi connectivity index (χ4v) is 2.95. The topological polar surface area (TPSA) is 55.1 Å². The summed E-state index contributed by atoms with van der Waals surface area (Å²) in [5, 5.41) is 9.09. The van der Waals surface area contributed by atoms with Crippen LogP contribution in [0.25, 0.3) is 11.1 Å². The number of hydrogen-bond donors (Lipinski definition) is 0. The van der Waals surface area contributed by atoms with Crippen LogP contribution >= 0.6 is 27.5 Å². The second-order valence-electron chi connectivity index (χ2n) is 3.36. The minimum Gasteiger partial charge on any atom is -0.497 e. The number of aromatic nitrogens is 1. The van der Waals surface area contributed by atoms with E-state index in [1.165, 1.54) is 0 Å². The molecule has 0 bridgehead atoms. The molecule has 0 N–H and O–H groups in total. The molecular formula is C12H9BrN2O2S. The molecule has 4 nitrogen and oxygen atoms in total. The summed E-state index contributed by atoms with van der Waals surface area (Å²) >= 11 is 4.51.